The molecule has 3 N–H and O–H groups in total. The highest BCUT2D eigenvalue weighted by Crippen LogP contribution is 2.21. The lowest BCUT2D eigenvalue weighted by atomic mass is 10.1. The summed E-state index contributed by atoms with van der Waals surface area (Å²) in [6.45, 7) is 3.42. The molecule has 2 heterocycles. The molecule has 23 heavy (non-hydrogen) atoms. The number of rotatable bonds is 5. The van der Waals surface area contributed by atoms with Gasteiger partial charge < -0.3 is 16.0 Å². The number of hydrogen-bond acceptors (Lipinski definition) is 4. The van der Waals surface area contributed by atoms with E-state index in [9.17, 15) is 9.59 Å². The zero-order valence-electron chi connectivity index (χ0n) is 13.1. The number of hydrogen-bond donors (Lipinski definition) is 2. The quantitative estimate of drug-likeness (QED) is 0.880. The molecule has 1 aliphatic rings. The van der Waals surface area contributed by atoms with Crippen LogP contribution in [0, 0.1) is 0 Å². The summed E-state index contributed by atoms with van der Waals surface area (Å²) >= 11 is 0. The third-order valence-electron chi connectivity index (χ3n) is 4.04. The maximum Gasteiger partial charge on any atom is 0.249 e. The molecule has 1 saturated heterocycles. The number of aromatic nitrogens is 1. The molecule has 1 aromatic carbocycles. The summed E-state index contributed by atoms with van der Waals surface area (Å²) in [6.07, 6.45) is 1.55. The van der Waals surface area contributed by atoms with Crippen LogP contribution in [0.25, 0.3) is 10.9 Å². The second kappa shape index (κ2) is 6.24. The Morgan fingerprint density at radius 3 is 2.91 bits per heavy atom. The maximum absolute atomic E-state index is 11.7. The number of primary amides is 1. The van der Waals surface area contributed by atoms with Crippen LogP contribution in [0.1, 0.15) is 30.1 Å². The first-order chi connectivity index (χ1) is 11.0. The normalized spacial score (nSPS) is 15.9. The van der Waals surface area contributed by atoms with Gasteiger partial charge in [-0.3, -0.25) is 9.59 Å². The van der Waals surface area contributed by atoms with Gasteiger partial charge in [-0.05, 0) is 25.5 Å². The number of amides is 2. The largest absolute Gasteiger partial charge is 0.366 e. The number of benzene rings is 1. The predicted octanol–water partition coefficient (Wildman–Crippen LogP) is 1.76. The smallest absolute Gasteiger partial charge is 0.249 e. The van der Waals surface area contributed by atoms with Crippen molar-refractivity contribution >= 4 is 28.5 Å². The Kier molecular flexibility index (Phi) is 4.14. The van der Waals surface area contributed by atoms with Crippen molar-refractivity contribution < 1.29 is 9.59 Å². The van der Waals surface area contributed by atoms with E-state index in [0.717, 1.165) is 23.9 Å². The lowest BCUT2D eigenvalue weighted by Crippen LogP contribution is -2.35. The molecule has 0 spiro atoms. The van der Waals surface area contributed by atoms with Crippen molar-refractivity contribution in [1.82, 2.24) is 9.88 Å². The van der Waals surface area contributed by atoms with E-state index in [1.165, 1.54) is 0 Å². The Hall–Kier alpha value is -2.63. The maximum atomic E-state index is 11.7. The van der Waals surface area contributed by atoms with Crippen molar-refractivity contribution in [2.45, 2.75) is 25.8 Å². The molecule has 0 radical (unpaired) electrons. The van der Waals surface area contributed by atoms with Gasteiger partial charge in [0, 0.05) is 30.9 Å². The lowest BCUT2D eigenvalue weighted by molar-refractivity contribution is -0.127. The van der Waals surface area contributed by atoms with Crippen LogP contribution in [0.5, 0.6) is 0 Å². The number of carbonyl (C=O) groups excluding carboxylic acids is 2. The van der Waals surface area contributed by atoms with E-state index in [0.29, 0.717) is 24.3 Å². The summed E-state index contributed by atoms with van der Waals surface area (Å²) in [5.41, 5.74) is 6.65. The van der Waals surface area contributed by atoms with E-state index in [1.54, 1.807) is 6.07 Å². The fourth-order valence-corrected chi connectivity index (χ4v) is 2.98. The first kappa shape index (κ1) is 15.3. The Labute approximate surface area is 134 Å². The Balaban J connectivity index is 1.82. The minimum Gasteiger partial charge on any atom is -0.366 e. The van der Waals surface area contributed by atoms with Crippen LogP contribution in [-0.4, -0.2) is 40.8 Å². The Morgan fingerprint density at radius 1 is 1.43 bits per heavy atom. The summed E-state index contributed by atoms with van der Waals surface area (Å²) in [7, 11) is 0. The van der Waals surface area contributed by atoms with Gasteiger partial charge in [-0.25, -0.2) is 4.98 Å². The molecule has 6 heteroatoms. The first-order valence-corrected chi connectivity index (χ1v) is 7.78. The summed E-state index contributed by atoms with van der Waals surface area (Å²) in [5.74, 6) is 0.314. The number of nitrogens with one attached hydrogen (secondary N) is 1. The van der Waals surface area contributed by atoms with Gasteiger partial charge in [0.25, 0.3) is 0 Å². The highest BCUT2D eigenvalue weighted by atomic mass is 16.2. The number of pyridine rings is 1. The highest BCUT2D eigenvalue weighted by molar-refractivity contribution is 6.06. The first-order valence-electron chi connectivity index (χ1n) is 7.78. The molecule has 1 atom stereocenters. The van der Waals surface area contributed by atoms with E-state index in [-0.39, 0.29) is 11.9 Å². The molecule has 2 amide bonds. The molecule has 1 aromatic heterocycles. The Bertz CT molecular complexity index is 759. The second-order valence-corrected chi connectivity index (χ2v) is 5.93. The minimum absolute atomic E-state index is 0.0337. The van der Waals surface area contributed by atoms with E-state index in [1.807, 2.05) is 36.1 Å². The molecule has 1 aliphatic heterocycles. The molecule has 0 saturated carbocycles. The fourth-order valence-electron chi connectivity index (χ4n) is 2.98. The van der Waals surface area contributed by atoms with Gasteiger partial charge in [0.15, 0.2) is 0 Å². The van der Waals surface area contributed by atoms with Crippen LogP contribution in [0.15, 0.2) is 30.3 Å². The number of carbonyl (C=O) groups is 2. The molecule has 0 unspecified atom stereocenters. The Morgan fingerprint density at radius 2 is 2.22 bits per heavy atom. The molecule has 120 valence electrons. The number of nitrogens with zero attached hydrogens (tertiary/aromatic N) is 2. The third kappa shape index (κ3) is 3.26. The van der Waals surface area contributed by atoms with Gasteiger partial charge in [0.05, 0.1) is 11.1 Å². The standard InChI is InChI=1S/C17H20N4O2/c1-11(10-21-8-4-7-16(21)22)19-15-9-13(17(18)23)12-5-2-3-6-14(12)20-15/h2-3,5-6,9,11H,4,7-8,10H2,1H3,(H2,18,23)(H,19,20)/t11-/m1/s1. The summed E-state index contributed by atoms with van der Waals surface area (Å²) < 4.78 is 0. The third-order valence-corrected chi connectivity index (χ3v) is 4.04. The predicted molar refractivity (Wildman–Crippen MR) is 89.2 cm³/mol. The summed E-state index contributed by atoms with van der Waals surface area (Å²) in [5, 5.41) is 4.01. The minimum atomic E-state index is -0.478. The molecular formula is C17H20N4O2. The van der Waals surface area contributed by atoms with Gasteiger partial charge in [-0.2, -0.15) is 0 Å². The lowest BCUT2D eigenvalue weighted by Gasteiger charge is -2.22. The molecule has 0 bridgehead atoms. The number of likely N-dealkylation sites (tertiary alicyclic amines) is 1. The van der Waals surface area contributed by atoms with Crippen molar-refractivity contribution in [2.24, 2.45) is 5.73 Å². The van der Waals surface area contributed by atoms with Crippen molar-refractivity contribution in [1.29, 1.82) is 0 Å². The molecule has 0 aliphatic carbocycles. The number of fused-ring (bicyclic) bond motifs is 1. The number of anilines is 1. The van der Waals surface area contributed by atoms with Crippen molar-refractivity contribution in [3.63, 3.8) is 0 Å². The SMILES string of the molecule is C[C@H](CN1CCCC1=O)Nc1cc(C(N)=O)c2ccccc2n1. The van der Waals surface area contributed by atoms with E-state index >= 15 is 0 Å². The van der Waals surface area contributed by atoms with Gasteiger partial charge in [0.1, 0.15) is 5.82 Å². The van der Waals surface area contributed by atoms with Crippen molar-refractivity contribution in [3.05, 3.63) is 35.9 Å². The van der Waals surface area contributed by atoms with Crippen LogP contribution in [0.2, 0.25) is 0 Å². The number of para-hydroxylation sites is 1. The van der Waals surface area contributed by atoms with Crippen LogP contribution in [0.3, 0.4) is 0 Å². The van der Waals surface area contributed by atoms with E-state index < -0.39 is 5.91 Å². The van der Waals surface area contributed by atoms with Crippen molar-refractivity contribution in [3.8, 4) is 0 Å². The molecule has 3 rings (SSSR count). The molecule has 6 nitrogen and oxygen atoms in total. The highest BCUT2D eigenvalue weighted by Gasteiger charge is 2.22. The number of nitrogens with two attached hydrogens (primary N) is 1. The van der Waals surface area contributed by atoms with Crippen LogP contribution in [-0.2, 0) is 4.79 Å². The molecular weight excluding hydrogens is 292 g/mol. The average Bonchev–Trinajstić information content (AvgIpc) is 2.91. The van der Waals surface area contributed by atoms with E-state index in [2.05, 4.69) is 10.3 Å². The van der Waals surface area contributed by atoms with Gasteiger partial charge in [-0.15, -0.1) is 0 Å². The molecule has 1 fully saturated rings. The summed E-state index contributed by atoms with van der Waals surface area (Å²) in [4.78, 5) is 29.8. The van der Waals surface area contributed by atoms with Crippen LogP contribution >= 0.6 is 0 Å². The van der Waals surface area contributed by atoms with Gasteiger partial charge >= 0.3 is 0 Å². The summed E-state index contributed by atoms with van der Waals surface area (Å²) in [6, 6.07) is 9.11. The zero-order valence-corrected chi connectivity index (χ0v) is 13.1. The van der Waals surface area contributed by atoms with Gasteiger partial charge in [-0.1, -0.05) is 18.2 Å². The van der Waals surface area contributed by atoms with Crippen LogP contribution in [0.4, 0.5) is 5.82 Å². The molecule has 2 aromatic rings. The topological polar surface area (TPSA) is 88.3 Å². The van der Waals surface area contributed by atoms with Crippen molar-refractivity contribution in [2.75, 3.05) is 18.4 Å². The fraction of sp³-hybridized carbons (Fsp3) is 0.353. The van der Waals surface area contributed by atoms with Gasteiger partial charge in [0.2, 0.25) is 11.8 Å². The average molecular weight is 312 g/mol. The van der Waals surface area contributed by atoms with E-state index in [4.69, 9.17) is 5.73 Å². The monoisotopic (exact) mass is 312 g/mol. The zero-order chi connectivity index (χ0) is 16.4. The second-order valence-electron chi connectivity index (χ2n) is 5.93. The van der Waals surface area contributed by atoms with Crippen LogP contribution < -0.4 is 11.1 Å².